The van der Waals surface area contributed by atoms with Crippen molar-refractivity contribution in [2.45, 2.75) is 31.9 Å². The van der Waals surface area contributed by atoms with E-state index in [0.29, 0.717) is 6.04 Å². The highest BCUT2D eigenvalue weighted by Gasteiger charge is 2.37. The highest BCUT2D eigenvalue weighted by molar-refractivity contribution is 5.85. The van der Waals surface area contributed by atoms with Gasteiger partial charge in [0.2, 0.25) is 0 Å². The van der Waals surface area contributed by atoms with Gasteiger partial charge in [-0.15, -0.1) is 12.4 Å². The van der Waals surface area contributed by atoms with Crippen LogP contribution in [0.2, 0.25) is 0 Å². The molecular formula is C16H24ClNO3. The van der Waals surface area contributed by atoms with E-state index in [1.807, 2.05) is 0 Å². The maximum absolute atomic E-state index is 6.08. The van der Waals surface area contributed by atoms with Crippen molar-refractivity contribution >= 4 is 12.4 Å². The van der Waals surface area contributed by atoms with E-state index in [2.05, 4.69) is 24.0 Å². The SMILES string of the molecule is CCN1CCO[C@@H]2c3cc(OC)c(OC)cc3CC[C@H]21.Cl. The van der Waals surface area contributed by atoms with Crippen LogP contribution in [0.4, 0.5) is 0 Å². The second-order valence-electron chi connectivity index (χ2n) is 5.43. The molecule has 4 nitrogen and oxygen atoms in total. The molecule has 21 heavy (non-hydrogen) atoms. The van der Waals surface area contributed by atoms with E-state index in [1.54, 1.807) is 14.2 Å². The number of fused-ring (bicyclic) bond motifs is 3. The molecule has 1 saturated heterocycles. The fraction of sp³-hybridized carbons (Fsp3) is 0.625. The number of nitrogens with zero attached hydrogens (tertiary/aromatic N) is 1. The molecule has 1 aromatic rings. The fourth-order valence-electron chi connectivity index (χ4n) is 3.51. The molecule has 0 radical (unpaired) electrons. The van der Waals surface area contributed by atoms with Crippen molar-refractivity contribution in [2.75, 3.05) is 33.9 Å². The van der Waals surface area contributed by atoms with Crippen molar-refractivity contribution in [3.63, 3.8) is 0 Å². The summed E-state index contributed by atoms with van der Waals surface area (Å²) in [6, 6.07) is 4.71. The molecular weight excluding hydrogens is 290 g/mol. The first-order valence-corrected chi connectivity index (χ1v) is 7.39. The lowest BCUT2D eigenvalue weighted by Gasteiger charge is -2.44. The topological polar surface area (TPSA) is 30.9 Å². The van der Waals surface area contributed by atoms with Gasteiger partial charge in [-0.1, -0.05) is 6.92 Å². The van der Waals surface area contributed by atoms with Crippen LogP contribution in [0.3, 0.4) is 0 Å². The number of aryl methyl sites for hydroxylation is 1. The zero-order valence-electron chi connectivity index (χ0n) is 12.9. The lowest BCUT2D eigenvalue weighted by atomic mass is 9.83. The van der Waals surface area contributed by atoms with Crippen LogP contribution in [0.1, 0.15) is 30.6 Å². The first kappa shape index (κ1) is 16.4. The van der Waals surface area contributed by atoms with Crippen molar-refractivity contribution in [2.24, 2.45) is 0 Å². The minimum absolute atomic E-state index is 0. The predicted octanol–water partition coefficient (Wildman–Crippen LogP) is 2.83. The number of rotatable bonds is 3. The zero-order chi connectivity index (χ0) is 14.1. The van der Waals surface area contributed by atoms with Crippen LogP contribution in [-0.4, -0.2) is 44.9 Å². The molecule has 3 rings (SSSR count). The second kappa shape index (κ2) is 6.86. The van der Waals surface area contributed by atoms with Crippen LogP contribution in [0.25, 0.3) is 0 Å². The molecule has 5 heteroatoms. The molecule has 0 aromatic heterocycles. The first-order chi connectivity index (χ1) is 9.78. The third-order valence-electron chi connectivity index (χ3n) is 4.56. The number of ether oxygens (including phenoxy) is 3. The van der Waals surface area contributed by atoms with Crippen LogP contribution in [0, 0.1) is 0 Å². The standard InChI is InChI=1S/C16H23NO3.ClH/c1-4-17-7-8-20-16-12-10-15(19-3)14(18-2)9-11(12)5-6-13(16)17;/h9-10,13,16H,4-8H2,1-3H3;1H/t13-,16-;/m1./s1. The van der Waals surface area contributed by atoms with Gasteiger partial charge in [0.1, 0.15) is 0 Å². The Morgan fingerprint density at radius 2 is 1.95 bits per heavy atom. The number of methoxy groups -OCH3 is 2. The van der Waals surface area contributed by atoms with Crippen LogP contribution in [0.15, 0.2) is 12.1 Å². The van der Waals surface area contributed by atoms with E-state index in [9.17, 15) is 0 Å². The summed E-state index contributed by atoms with van der Waals surface area (Å²) in [5, 5.41) is 0. The summed E-state index contributed by atoms with van der Waals surface area (Å²) in [5.74, 6) is 1.61. The number of halogens is 1. The third-order valence-corrected chi connectivity index (χ3v) is 4.56. The molecule has 1 fully saturated rings. The second-order valence-corrected chi connectivity index (χ2v) is 5.43. The molecule has 0 bridgehead atoms. The number of hydrogen-bond donors (Lipinski definition) is 0. The van der Waals surface area contributed by atoms with Crippen molar-refractivity contribution in [3.05, 3.63) is 23.3 Å². The molecule has 0 unspecified atom stereocenters. The van der Waals surface area contributed by atoms with Crippen molar-refractivity contribution in [1.29, 1.82) is 0 Å². The summed E-state index contributed by atoms with van der Waals surface area (Å²) in [4.78, 5) is 2.54. The normalized spacial score (nSPS) is 24.5. The fourth-order valence-corrected chi connectivity index (χ4v) is 3.51. The van der Waals surface area contributed by atoms with Crippen molar-refractivity contribution < 1.29 is 14.2 Å². The van der Waals surface area contributed by atoms with Gasteiger partial charge in [-0.3, -0.25) is 4.90 Å². The summed E-state index contributed by atoms with van der Waals surface area (Å²) in [5.41, 5.74) is 2.61. The number of hydrogen-bond acceptors (Lipinski definition) is 4. The monoisotopic (exact) mass is 313 g/mol. The smallest absolute Gasteiger partial charge is 0.161 e. The van der Waals surface area contributed by atoms with Crippen LogP contribution in [-0.2, 0) is 11.2 Å². The van der Waals surface area contributed by atoms with Gasteiger partial charge >= 0.3 is 0 Å². The van der Waals surface area contributed by atoms with Gasteiger partial charge < -0.3 is 14.2 Å². The summed E-state index contributed by atoms with van der Waals surface area (Å²) in [6.07, 6.45) is 2.41. The molecule has 0 N–H and O–H groups in total. The Morgan fingerprint density at radius 3 is 2.62 bits per heavy atom. The number of likely N-dealkylation sites (N-methyl/N-ethyl adjacent to an activating group) is 1. The summed E-state index contributed by atoms with van der Waals surface area (Å²) >= 11 is 0. The zero-order valence-corrected chi connectivity index (χ0v) is 13.7. The first-order valence-electron chi connectivity index (χ1n) is 7.39. The van der Waals surface area contributed by atoms with Gasteiger partial charge in [-0.2, -0.15) is 0 Å². The molecule has 1 aromatic carbocycles. The highest BCUT2D eigenvalue weighted by Crippen LogP contribution is 2.42. The average Bonchev–Trinajstić information content (AvgIpc) is 2.52. The van der Waals surface area contributed by atoms with Crippen molar-refractivity contribution in [3.8, 4) is 11.5 Å². The van der Waals surface area contributed by atoms with E-state index in [-0.39, 0.29) is 18.5 Å². The molecule has 1 aliphatic carbocycles. The quantitative estimate of drug-likeness (QED) is 0.858. The summed E-state index contributed by atoms with van der Waals surface area (Å²) in [7, 11) is 3.37. The number of morpholine rings is 1. The predicted molar refractivity (Wildman–Crippen MR) is 84.8 cm³/mol. The number of benzene rings is 1. The lowest BCUT2D eigenvalue weighted by molar-refractivity contribution is -0.0785. The Morgan fingerprint density at radius 1 is 1.24 bits per heavy atom. The lowest BCUT2D eigenvalue weighted by Crippen LogP contribution is -2.48. The molecule has 2 aliphatic rings. The van der Waals surface area contributed by atoms with Crippen LogP contribution in [0.5, 0.6) is 11.5 Å². The summed E-state index contributed by atoms with van der Waals surface area (Å²) < 4.78 is 16.9. The van der Waals surface area contributed by atoms with Gasteiger partial charge in [0.15, 0.2) is 11.5 Å². The van der Waals surface area contributed by atoms with E-state index < -0.39 is 0 Å². The largest absolute Gasteiger partial charge is 0.493 e. The van der Waals surface area contributed by atoms with E-state index in [1.165, 1.54) is 11.1 Å². The minimum atomic E-state index is 0. The van der Waals surface area contributed by atoms with Gasteiger partial charge in [-0.25, -0.2) is 0 Å². The van der Waals surface area contributed by atoms with Crippen LogP contribution < -0.4 is 9.47 Å². The van der Waals surface area contributed by atoms with Crippen LogP contribution >= 0.6 is 12.4 Å². The highest BCUT2D eigenvalue weighted by atomic mass is 35.5. The van der Waals surface area contributed by atoms with Gasteiger partial charge in [-0.05, 0) is 42.6 Å². The average molecular weight is 314 g/mol. The Hall–Kier alpha value is -0.970. The Bertz CT molecular complexity index is 495. The molecule has 118 valence electrons. The molecule has 1 aliphatic heterocycles. The molecule has 0 saturated carbocycles. The molecule has 0 spiro atoms. The van der Waals surface area contributed by atoms with Crippen molar-refractivity contribution in [1.82, 2.24) is 4.90 Å². The molecule has 0 amide bonds. The van der Waals surface area contributed by atoms with E-state index in [0.717, 1.165) is 44.0 Å². The van der Waals surface area contributed by atoms with Gasteiger partial charge in [0.25, 0.3) is 0 Å². The summed E-state index contributed by atoms with van der Waals surface area (Å²) in [6.45, 7) is 5.17. The Kier molecular flexibility index (Phi) is 5.36. The third kappa shape index (κ3) is 2.85. The van der Waals surface area contributed by atoms with E-state index >= 15 is 0 Å². The molecule has 1 heterocycles. The molecule has 2 atom stereocenters. The maximum Gasteiger partial charge on any atom is 0.161 e. The minimum Gasteiger partial charge on any atom is -0.493 e. The van der Waals surface area contributed by atoms with Gasteiger partial charge in [0, 0.05) is 12.6 Å². The Balaban J connectivity index is 0.00000161. The van der Waals surface area contributed by atoms with E-state index in [4.69, 9.17) is 14.2 Å². The Labute approximate surface area is 132 Å². The van der Waals surface area contributed by atoms with Gasteiger partial charge in [0.05, 0.1) is 26.9 Å². The maximum atomic E-state index is 6.08.